The fourth-order valence-electron chi connectivity index (χ4n) is 2.29. The van der Waals surface area contributed by atoms with Gasteiger partial charge < -0.3 is 19.8 Å². The summed E-state index contributed by atoms with van der Waals surface area (Å²) >= 11 is 0. The Morgan fingerprint density at radius 2 is 1.44 bits per heavy atom. The number of carboxylic acid groups (broad SMARTS) is 2. The van der Waals surface area contributed by atoms with E-state index in [2.05, 4.69) is 18.7 Å². The molecule has 0 aromatic heterocycles. The minimum absolute atomic E-state index is 0.839. The van der Waals surface area contributed by atoms with E-state index >= 15 is 0 Å². The lowest BCUT2D eigenvalue weighted by molar-refractivity contribution is -0.159. The summed E-state index contributed by atoms with van der Waals surface area (Å²) in [5.41, 5.74) is 0. The van der Waals surface area contributed by atoms with Crippen molar-refractivity contribution in [3.05, 3.63) is 30.3 Å². The second-order valence-corrected chi connectivity index (χ2v) is 5.67. The van der Waals surface area contributed by atoms with Crippen LogP contribution in [-0.2, 0) is 9.59 Å². The van der Waals surface area contributed by atoms with Gasteiger partial charge in [-0.15, -0.1) is 0 Å². The summed E-state index contributed by atoms with van der Waals surface area (Å²) < 4.78 is 5.69. The molecule has 25 heavy (non-hydrogen) atoms. The van der Waals surface area contributed by atoms with E-state index in [1.54, 1.807) is 0 Å². The number of carboxylic acids is 2. The molecule has 0 bridgehead atoms. The third-order valence-electron chi connectivity index (χ3n) is 3.39. The van der Waals surface area contributed by atoms with E-state index in [1.807, 2.05) is 30.3 Å². The van der Waals surface area contributed by atoms with Crippen molar-refractivity contribution in [3.63, 3.8) is 0 Å². The minimum atomic E-state index is -1.82. The highest BCUT2D eigenvalue weighted by molar-refractivity contribution is 6.27. The highest BCUT2D eigenvalue weighted by Gasteiger charge is 2.04. The van der Waals surface area contributed by atoms with Gasteiger partial charge >= 0.3 is 11.9 Å². The standard InChI is InChI=1S/C17H29NO.C2H2O4/c1-3-13-18(14-4-2)15-9-6-10-16-19-17-11-7-5-8-12-17;3-1(4)2(5)6/h5,7-8,11-12H,3-4,6,9-10,13-16H2,1-2H3;(H,3,4)(H,5,6). The molecule has 142 valence electrons. The van der Waals surface area contributed by atoms with Crippen molar-refractivity contribution in [1.82, 2.24) is 4.90 Å². The van der Waals surface area contributed by atoms with Gasteiger partial charge in [0, 0.05) is 0 Å². The first-order valence-corrected chi connectivity index (χ1v) is 8.87. The summed E-state index contributed by atoms with van der Waals surface area (Å²) in [5, 5.41) is 14.8. The van der Waals surface area contributed by atoms with E-state index in [0.29, 0.717) is 0 Å². The maximum atomic E-state index is 9.10. The number of carbonyl (C=O) groups is 2. The Hall–Kier alpha value is -2.08. The van der Waals surface area contributed by atoms with Crippen molar-refractivity contribution in [3.8, 4) is 5.75 Å². The monoisotopic (exact) mass is 353 g/mol. The molecule has 0 saturated heterocycles. The zero-order chi connectivity index (χ0) is 18.9. The first-order chi connectivity index (χ1) is 12.0. The van der Waals surface area contributed by atoms with Gasteiger partial charge in [-0.1, -0.05) is 32.0 Å². The summed E-state index contributed by atoms with van der Waals surface area (Å²) in [6.07, 6.45) is 6.23. The molecule has 0 fully saturated rings. The van der Waals surface area contributed by atoms with E-state index in [4.69, 9.17) is 24.5 Å². The van der Waals surface area contributed by atoms with Crippen LogP contribution in [0.3, 0.4) is 0 Å². The topological polar surface area (TPSA) is 87.1 Å². The molecular weight excluding hydrogens is 322 g/mol. The zero-order valence-corrected chi connectivity index (χ0v) is 15.3. The van der Waals surface area contributed by atoms with Gasteiger partial charge in [0.05, 0.1) is 6.61 Å². The van der Waals surface area contributed by atoms with Gasteiger partial charge in [0.15, 0.2) is 0 Å². The SMILES string of the molecule is CCCN(CCC)CCCCCOc1ccccc1.O=C(O)C(=O)O. The largest absolute Gasteiger partial charge is 0.494 e. The van der Waals surface area contributed by atoms with Crippen molar-refractivity contribution in [2.45, 2.75) is 46.0 Å². The Morgan fingerprint density at radius 3 is 1.92 bits per heavy atom. The lowest BCUT2D eigenvalue weighted by Gasteiger charge is -2.20. The van der Waals surface area contributed by atoms with Crippen LogP contribution in [0.4, 0.5) is 0 Å². The number of hydrogen-bond acceptors (Lipinski definition) is 4. The average Bonchev–Trinajstić information content (AvgIpc) is 2.59. The number of unbranched alkanes of at least 4 members (excludes halogenated alkanes) is 2. The Morgan fingerprint density at radius 1 is 0.880 bits per heavy atom. The summed E-state index contributed by atoms with van der Waals surface area (Å²) in [5.74, 6) is -2.66. The maximum absolute atomic E-state index is 9.10. The lowest BCUT2D eigenvalue weighted by Crippen LogP contribution is -2.26. The zero-order valence-electron chi connectivity index (χ0n) is 15.3. The molecule has 0 heterocycles. The van der Waals surface area contributed by atoms with E-state index in [1.165, 1.54) is 45.3 Å². The molecule has 0 aliphatic heterocycles. The van der Waals surface area contributed by atoms with Crippen LogP contribution in [-0.4, -0.2) is 53.3 Å². The summed E-state index contributed by atoms with van der Waals surface area (Å²) in [7, 11) is 0. The second kappa shape index (κ2) is 15.4. The van der Waals surface area contributed by atoms with Crippen molar-refractivity contribution < 1.29 is 24.5 Å². The van der Waals surface area contributed by atoms with Gasteiger partial charge in [0.25, 0.3) is 0 Å². The highest BCUT2D eigenvalue weighted by Crippen LogP contribution is 2.09. The molecule has 6 heteroatoms. The van der Waals surface area contributed by atoms with Crippen LogP contribution in [0.15, 0.2) is 30.3 Å². The Kier molecular flexibility index (Phi) is 14.2. The minimum Gasteiger partial charge on any atom is -0.494 e. The van der Waals surface area contributed by atoms with Crippen LogP contribution in [0, 0.1) is 0 Å². The first kappa shape index (κ1) is 22.9. The van der Waals surface area contributed by atoms with Crippen molar-refractivity contribution in [1.29, 1.82) is 0 Å². The average molecular weight is 353 g/mol. The molecule has 0 radical (unpaired) electrons. The van der Waals surface area contributed by atoms with Crippen molar-refractivity contribution in [2.24, 2.45) is 0 Å². The molecule has 0 atom stereocenters. The highest BCUT2D eigenvalue weighted by atomic mass is 16.5. The molecule has 0 aliphatic carbocycles. The van der Waals surface area contributed by atoms with E-state index in [0.717, 1.165) is 18.8 Å². The van der Waals surface area contributed by atoms with E-state index < -0.39 is 11.9 Å². The fraction of sp³-hybridized carbons (Fsp3) is 0.579. The van der Waals surface area contributed by atoms with Gasteiger partial charge in [-0.05, 0) is 63.9 Å². The molecular formula is C19H31NO5. The smallest absolute Gasteiger partial charge is 0.414 e. The lowest BCUT2D eigenvalue weighted by atomic mass is 10.2. The van der Waals surface area contributed by atoms with Gasteiger partial charge in [-0.25, -0.2) is 9.59 Å². The van der Waals surface area contributed by atoms with Crippen LogP contribution in [0.25, 0.3) is 0 Å². The summed E-state index contributed by atoms with van der Waals surface area (Å²) in [6.45, 7) is 9.09. The van der Waals surface area contributed by atoms with Crippen LogP contribution in [0.2, 0.25) is 0 Å². The maximum Gasteiger partial charge on any atom is 0.414 e. The van der Waals surface area contributed by atoms with Crippen molar-refractivity contribution >= 4 is 11.9 Å². The van der Waals surface area contributed by atoms with E-state index in [-0.39, 0.29) is 0 Å². The molecule has 0 spiro atoms. The number of rotatable bonds is 11. The third-order valence-corrected chi connectivity index (χ3v) is 3.39. The normalized spacial score (nSPS) is 10.0. The first-order valence-electron chi connectivity index (χ1n) is 8.87. The van der Waals surface area contributed by atoms with Crippen LogP contribution in [0.5, 0.6) is 5.75 Å². The summed E-state index contributed by atoms with van der Waals surface area (Å²) in [4.78, 5) is 20.8. The molecule has 2 N–H and O–H groups in total. The summed E-state index contributed by atoms with van der Waals surface area (Å²) in [6, 6.07) is 10.1. The molecule has 0 saturated carbocycles. The predicted molar refractivity (Wildman–Crippen MR) is 98.1 cm³/mol. The molecule has 6 nitrogen and oxygen atoms in total. The Labute approximate surface area is 150 Å². The van der Waals surface area contributed by atoms with Gasteiger partial charge in [0.2, 0.25) is 0 Å². The molecule has 1 rings (SSSR count). The molecule has 0 aliphatic rings. The second-order valence-electron chi connectivity index (χ2n) is 5.67. The number of aliphatic carboxylic acids is 2. The fourth-order valence-corrected chi connectivity index (χ4v) is 2.29. The third kappa shape index (κ3) is 14.0. The van der Waals surface area contributed by atoms with E-state index in [9.17, 15) is 0 Å². The Bertz CT molecular complexity index is 446. The quantitative estimate of drug-likeness (QED) is 0.467. The molecule has 1 aromatic rings. The van der Waals surface area contributed by atoms with Gasteiger partial charge in [-0.2, -0.15) is 0 Å². The number of ether oxygens (including phenoxy) is 1. The van der Waals surface area contributed by atoms with Crippen LogP contribution in [0.1, 0.15) is 46.0 Å². The number of para-hydroxylation sites is 1. The molecule has 0 unspecified atom stereocenters. The van der Waals surface area contributed by atoms with Crippen LogP contribution >= 0.6 is 0 Å². The predicted octanol–water partition coefficient (Wildman–Crippen LogP) is 3.51. The number of hydrogen-bond donors (Lipinski definition) is 2. The molecule has 1 aromatic carbocycles. The molecule has 0 amide bonds. The van der Waals surface area contributed by atoms with Gasteiger partial charge in [0.1, 0.15) is 5.75 Å². The number of nitrogens with zero attached hydrogens (tertiary/aromatic N) is 1. The Balaban J connectivity index is 0.000000823. The van der Waals surface area contributed by atoms with Gasteiger partial charge in [-0.3, -0.25) is 0 Å². The van der Waals surface area contributed by atoms with Crippen molar-refractivity contribution in [2.75, 3.05) is 26.2 Å². The number of benzene rings is 1. The van der Waals surface area contributed by atoms with Crippen LogP contribution < -0.4 is 4.74 Å².